The summed E-state index contributed by atoms with van der Waals surface area (Å²) in [6, 6.07) is 0. The van der Waals surface area contributed by atoms with Gasteiger partial charge < -0.3 is 10.3 Å². The molecular weight excluding hydrogens is 188 g/mol. The van der Waals surface area contributed by atoms with E-state index in [2.05, 4.69) is 21.9 Å². The number of alkyl halides is 2. The molecule has 0 atom stereocenters. The van der Waals surface area contributed by atoms with E-state index in [1.54, 1.807) is 13.1 Å². The van der Waals surface area contributed by atoms with Crippen LogP contribution in [0.2, 0.25) is 0 Å². The van der Waals surface area contributed by atoms with Crippen LogP contribution in [-0.4, -0.2) is 22.4 Å². The Labute approximate surface area is 81.2 Å². The van der Waals surface area contributed by atoms with Gasteiger partial charge in [0.15, 0.2) is 0 Å². The van der Waals surface area contributed by atoms with E-state index in [1.165, 1.54) is 0 Å². The molecule has 14 heavy (non-hydrogen) atoms. The number of aromatic amines is 1. The molecule has 3 nitrogen and oxygen atoms in total. The van der Waals surface area contributed by atoms with Crippen molar-refractivity contribution in [1.82, 2.24) is 15.3 Å². The Balaban J connectivity index is 2.52. The summed E-state index contributed by atoms with van der Waals surface area (Å²) in [6.07, 6.45) is 1.55. The first-order valence-corrected chi connectivity index (χ1v) is 4.21. The molecule has 0 amide bonds. The highest BCUT2D eigenvalue weighted by Crippen LogP contribution is 2.12. The number of nitrogens with one attached hydrogen (secondary N) is 2. The van der Waals surface area contributed by atoms with E-state index in [-0.39, 0.29) is 0 Å². The lowest BCUT2D eigenvalue weighted by atomic mass is 10.3. The maximum atomic E-state index is 12.5. The van der Waals surface area contributed by atoms with Gasteiger partial charge in [-0.1, -0.05) is 6.58 Å². The molecule has 0 fully saturated rings. The molecule has 1 heterocycles. The summed E-state index contributed by atoms with van der Waals surface area (Å²) >= 11 is 0. The van der Waals surface area contributed by atoms with Crippen molar-refractivity contribution in [2.45, 2.75) is 19.8 Å². The van der Waals surface area contributed by atoms with Gasteiger partial charge in [0.05, 0.1) is 24.1 Å². The van der Waals surface area contributed by atoms with Crippen LogP contribution in [0.5, 0.6) is 0 Å². The molecule has 0 spiro atoms. The third kappa shape index (κ3) is 3.16. The predicted molar refractivity (Wildman–Crippen MR) is 51.0 cm³/mol. The Hall–Kier alpha value is -1.39. The van der Waals surface area contributed by atoms with Crippen molar-refractivity contribution in [2.24, 2.45) is 0 Å². The van der Waals surface area contributed by atoms with Crippen molar-refractivity contribution < 1.29 is 8.78 Å². The normalized spacial score (nSPS) is 11.4. The minimum absolute atomic E-state index is 0.423. The Morgan fingerprint density at radius 2 is 2.36 bits per heavy atom. The zero-order valence-corrected chi connectivity index (χ0v) is 8.19. The summed E-state index contributed by atoms with van der Waals surface area (Å²) in [5.41, 5.74) is 1.05. The van der Waals surface area contributed by atoms with Crippen molar-refractivity contribution in [3.63, 3.8) is 0 Å². The Kier molecular flexibility index (Phi) is 2.88. The van der Waals surface area contributed by atoms with Crippen LogP contribution in [-0.2, 0) is 0 Å². The van der Waals surface area contributed by atoms with Gasteiger partial charge in [-0.2, -0.15) is 0 Å². The first kappa shape index (κ1) is 10.7. The molecule has 0 aliphatic heterocycles. The summed E-state index contributed by atoms with van der Waals surface area (Å²) < 4.78 is 24.9. The van der Waals surface area contributed by atoms with Crippen LogP contribution >= 0.6 is 0 Å². The molecule has 0 radical (unpaired) electrons. The maximum Gasteiger partial charge on any atom is 0.262 e. The SMILES string of the molecule is C=C(NCC(C)(F)F)c1cnc(C)[nH]1. The summed E-state index contributed by atoms with van der Waals surface area (Å²) in [4.78, 5) is 6.83. The number of H-pyrrole nitrogens is 1. The minimum Gasteiger partial charge on any atom is -0.378 e. The van der Waals surface area contributed by atoms with Crippen LogP contribution < -0.4 is 5.32 Å². The van der Waals surface area contributed by atoms with Gasteiger partial charge in [-0.05, 0) is 6.92 Å². The van der Waals surface area contributed by atoms with E-state index in [0.717, 1.165) is 12.7 Å². The second-order valence-corrected chi connectivity index (χ2v) is 3.28. The Morgan fingerprint density at radius 3 is 2.79 bits per heavy atom. The van der Waals surface area contributed by atoms with Crippen LogP contribution in [0.3, 0.4) is 0 Å². The topological polar surface area (TPSA) is 40.7 Å². The molecule has 0 saturated heterocycles. The lowest BCUT2D eigenvalue weighted by Crippen LogP contribution is -2.28. The molecule has 0 aromatic carbocycles. The number of imidazole rings is 1. The van der Waals surface area contributed by atoms with Crippen molar-refractivity contribution in [3.8, 4) is 0 Å². The predicted octanol–water partition coefficient (Wildman–Crippen LogP) is 1.93. The summed E-state index contributed by atoms with van der Waals surface area (Å²) in [5.74, 6) is -2.01. The molecule has 0 aliphatic rings. The van der Waals surface area contributed by atoms with Gasteiger partial charge in [-0.3, -0.25) is 0 Å². The molecule has 0 aliphatic carbocycles. The highest BCUT2D eigenvalue weighted by Gasteiger charge is 2.20. The van der Waals surface area contributed by atoms with Gasteiger partial charge in [0, 0.05) is 6.92 Å². The van der Waals surface area contributed by atoms with Gasteiger partial charge in [-0.15, -0.1) is 0 Å². The average Bonchev–Trinajstić information content (AvgIpc) is 2.46. The number of aryl methyl sites for hydroxylation is 1. The summed E-state index contributed by atoms with van der Waals surface area (Å²) in [7, 11) is 0. The molecule has 1 rings (SSSR count). The van der Waals surface area contributed by atoms with Gasteiger partial charge in [0.25, 0.3) is 5.92 Å². The number of nitrogens with zero attached hydrogens (tertiary/aromatic N) is 1. The maximum absolute atomic E-state index is 12.5. The van der Waals surface area contributed by atoms with Gasteiger partial charge in [0.1, 0.15) is 5.82 Å². The van der Waals surface area contributed by atoms with E-state index in [1.807, 2.05) is 0 Å². The van der Waals surface area contributed by atoms with Crippen molar-refractivity contribution in [2.75, 3.05) is 6.54 Å². The Morgan fingerprint density at radius 1 is 1.71 bits per heavy atom. The highest BCUT2D eigenvalue weighted by atomic mass is 19.3. The average molecular weight is 201 g/mol. The van der Waals surface area contributed by atoms with Gasteiger partial charge >= 0.3 is 0 Å². The standard InChI is InChI=1S/C9H13F2N3/c1-6(13-5-9(3,10)11)8-4-12-7(2)14-8/h4,13H,1,5H2,2-3H3,(H,12,14). The molecule has 1 aromatic heterocycles. The molecule has 0 unspecified atom stereocenters. The van der Waals surface area contributed by atoms with Crippen molar-refractivity contribution in [3.05, 3.63) is 24.3 Å². The minimum atomic E-state index is -2.74. The molecule has 1 aromatic rings. The van der Waals surface area contributed by atoms with Crippen LogP contribution in [0, 0.1) is 6.92 Å². The molecule has 2 N–H and O–H groups in total. The fourth-order valence-corrected chi connectivity index (χ4v) is 0.931. The van der Waals surface area contributed by atoms with Crippen molar-refractivity contribution in [1.29, 1.82) is 0 Å². The van der Waals surface area contributed by atoms with Gasteiger partial charge in [0.2, 0.25) is 0 Å². The number of hydrogen-bond acceptors (Lipinski definition) is 2. The highest BCUT2D eigenvalue weighted by molar-refractivity contribution is 5.57. The lowest BCUT2D eigenvalue weighted by molar-refractivity contribution is 0.0267. The van der Waals surface area contributed by atoms with E-state index in [0.29, 0.717) is 11.4 Å². The zero-order valence-electron chi connectivity index (χ0n) is 8.19. The first-order valence-electron chi connectivity index (χ1n) is 4.21. The third-order valence-corrected chi connectivity index (χ3v) is 1.64. The van der Waals surface area contributed by atoms with Crippen molar-refractivity contribution >= 4 is 5.70 Å². The number of hydrogen-bond donors (Lipinski definition) is 2. The smallest absolute Gasteiger partial charge is 0.262 e. The van der Waals surface area contributed by atoms with E-state index >= 15 is 0 Å². The molecular formula is C9H13F2N3. The number of halogens is 2. The monoisotopic (exact) mass is 201 g/mol. The van der Waals surface area contributed by atoms with Crippen LogP contribution in [0.4, 0.5) is 8.78 Å². The first-order chi connectivity index (χ1) is 6.38. The van der Waals surface area contributed by atoms with E-state index in [9.17, 15) is 8.78 Å². The third-order valence-electron chi connectivity index (χ3n) is 1.64. The fourth-order valence-electron chi connectivity index (χ4n) is 0.931. The summed E-state index contributed by atoms with van der Waals surface area (Å²) in [6.45, 7) is 5.83. The Bertz CT molecular complexity index is 325. The van der Waals surface area contributed by atoms with E-state index in [4.69, 9.17) is 0 Å². The molecule has 5 heteroatoms. The van der Waals surface area contributed by atoms with Crippen LogP contribution in [0.25, 0.3) is 5.70 Å². The van der Waals surface area contributed by atoms with Crippen LogP contribution in [0.15, 0.2) is 12.8 Å². The molecule has 0 bridgehead atoms. The molecule has 78 valence electrons. The fraction of sp³-hybridized carbons (Fsp3) is 0.444. The molecule has 0 saturated carbocycles. The van der Waals surface area contributed by atoms with E-state index < -0.39 is 12.5 Å². The largest absolute Gasteiger partial charge is 0.378 e. The summed E-state index contributed by atoms with van der Waals surface area (Å²) in [5, 5.41) is 2.54. The lowest BCUT2D eigenvalue weighted by Gasteiger charge is -2.13. The van der Waals surface area contributed by atoms with Crippen LogP contribution in [0.1, 0.15) is 18.4 Å². The number of rotatable bonds is 4. The van der Waals surface area contributed by atoms with Gasteiger partial charge in [-0.25, -0.2) is 13.8 Å². The second kappa shape index (κ2) is 3.77. The number of aromatic nitrogens is 2. The quantitative estimate of drug-likeness (QED) is 0.781. The second-order valence-electron chi connectivity index (χ2n) is 3.28. The zero-order chi connectivity index (χ0) is 10.8.